The fourth-order valence-corrected chi connectivity index (χ4v) is 3.00. The van der Waals surface area contributed by atoms with Gasteiger partial charge in [0.2, 0.25) is 5.91 Å². The maximum atomic E-state index is 11.6. The third-order valence-electron chi connectivity index (χ3n) is 4.41. The Labute approximate surface area is 161 Å². The maximum Gasteiger partial charge on any atom is 0.233 e. The number of aliphatic hydroxyl groups excluding tert-OH is 1. The molecule has 1 saturated heterocycles. The van der Waals surface area contributed by atoms with E-state index in [1.807, 2.05) is 30.1 Å². The molecular formula is C19H31N3O5. The van der Waals surface area contributed by atoms with E-state index in [9.17, 15) is 9.90 Å². The van der Waals surface area contributed by atoms with Crippen LogP contribution in [-0.2, 0) is 16.1 Å². The molecule has 1 aliphatic heterocycles. The molecule has 0 bridgehead atoms. The van der Waals surface area contributed by atoms with E-state index in [0.29, 0.717) is 37.8 Å². The van der Waals surface area contributed by atoms with Crippen molar-refractivity contribution in [3.8, 4) is 11.5 Å². The van der Waals surface area contributed by atoms with Crippen molar-refractivity contribution >= 4 is 5.91 Å². The number of rotatable bonds is 10. The Morgan fingerprint density at radius 3 is 2.81 bits per heavy atom. The van der Waals surface area contributed by atoms with Crippen molar-refractivity contribution in [2.45, 2.75) is 12.6 Å². The summed E-state index contributed by atoms with van der Waals surface area (Å²) in [6, 6.07) is 5.65. The average molecular weight is 381 g/mol. The molecule has 2 N–H and O–H groups in total. The molecule has 1 aromatic rings. The molecule has 0 spiro atoms. The lowest BCUT2D eigenvalue weighted by Gasteiger charge is -2.28. The van der Waals surface area contributed by atoms with Gasteiger partial charge in [-0.15, -0.1) is 0 Å². The first kappa shape index (κ1) is 21.4. The summed E-state index contributed by atoms with van der Waals surface area (Å²) in [5.41, 5.74) is 0.902. The van der Waals surface area contributed by atoms with Crippen molar-refractivity contribution in [2.75, 3.05) is 67.2 Å². The number of carbonyl (C=O) groups is 1. The zero-order chi connectivity index (χ0) is 19.6. The summed E-state index contributed by atoms with van der Waals surface area (Å²) in [5, 5.41) is 13.0. The Kier molecular flexibility index (Phi) is 8.80. The van der Waals surface area contributed by atoms with Gasteiger partial charge < -0.3 is 24.6 Å². The van der Waals surface area contributed by atoms with E-state index >= 15 is 0 Å². The second kappa shape index (κ2) is 11.1. The number of benzene rings is 1. The summed E-state index contributed by atoms with van der Waals surface area (Å²) >= 11 is 0. The number of aliphatic hydroxyl groups is 1. The summed E-state index contributed by atoms with van der Waals surface area (Å²) in [6.07, 6.45) is -0.607. The predicted molar refractivity (Wildman–Crippen MR) is 102 cm³/mol. The number of nitrogens with one attached hydrogen (secondary N) is 1. The second-order valence-corrected chi connectivity index (χ2v) is 6.67. The van der Waals surface area contributed by atoms with Gasteiger partial charge in [0.05, 0.1) is 26.9 Å². The zero-order valence-corrected chi connectivity index (χ0v) is 16.4. The first-order valence-corrected chi connectivity index (χ1v) is 9.19. The van der Waals surface area contributed by atoms with Crippen LogP contribution in [0, 0.1) is 0 Å². The van der Waals surface area contributed by atoms with Crippen LogP contribution in [-0.4, -0.2) is 94.1 Å². The van der Waals surface area contributed by atoms with E-state index < -0.39 is 6.10 Å². The molecule has 1 atom stereocenters. The van der Waals surface area contributed by atoms with E-state index in [1.165, 1.54) is 0 Å². The van der Waals surface area contributed by atoms with Crippen molar-refractivity contribution in [1.82, 2.24) is 15.1 Å². The van der Waals surface area contributed by atoms with Gasteiger partial charge in [0.15, 0.2) is 11.5 Å². The standard InChI is InChI=1S/C19H31N3O5/c1-20-18(24)13-21(2)11-15-5-4-6-17(25-3)19(15)27-14-16(23)12-22-7-9-26-10-8-22/h4-6,16,23H,7-14H2,1-3H3,(H,20,24)/t16-/m0/s1. The fraction of sp³-hybridized carbons (Fsp3) is 0.632. The number of β-amino-alcohol motifs (C(OH)–C–C–N with tert-alkyl or cyclic N) is 1. The molecule has 0 aliphatic carbocycles. The number of hydrogen-bond donors (Lipinski definition) is 2. The SMILES string of the molecule is CNC(=O)CN(C)Cc1cccc(OC)c1OC[C@@H](O)CN1CCOCC1. The van der Waals surface area contributed by atoms with Gasteiger partial charge in [-0.2, -0.15) is 0 Å². The third-order valence-corrected chi connectivity index (χ3v) is 4.41. The van der Waals surface area contributed by atoms with E-state index in [-0.39, 0.29) is 19.1 Å². The number of likely N-dealkylation sites (N-methyl/N-ethyl adjacent to an activating group) is 2. The molecule has 1 fully saturated rings. The lowest BCUT2D eigenvalue weighted by Crippen LogP contribution is -2.42. The highest BCUT2D eigenvalue weighted by Gasteiger charge is 2.18. The van der Waals surface area contributed by atoms with Crippen molar-refractivity contribution < 1.29 is 24.1 Å². The molecule has 0 saturated carbocycles. The summed E-state index contributed by atoms with van der Waals surface area (Å²) < 4.78 is 16.7. The number of amides is 1. The molecule has 0 aromatic heterocycles. The normalized spacial score (nSPS) is 16.2. The van der Waals surface area contributed by atoms with Crippen molar-refractivity contribution in [1.29, 1.82) is 0 Å². The monoisotopic (exact) mass is 381 g/mol. The number of para-hydroxylation sites is 1. The number of ether oxygens (including phenoxy) is 3. The predicted octanol–water partition coefficient (Wildman–Crippen LogP) is -0.0551. The van der Waals surface area contributed by atoms with E-state index in [2.05, 4.69) is 10.2 Å². The molecule has 1 aliphatic rings. The largest absolute Gasteiger partial charge is 0.493 e. The van der Waals surface area contributed by atoms with Gasteiger partial charge >= 0.3 is 0 Å². The van der Waals surface area contributed by atoms with E-state index in [0.717, 1.165) is 18.7 Å². The van der Waals surface area contributed by atoms with Crippen molar-refractivity contribution in [3.05, 3.63) is 23.8 Å². The van der Waals surface area contributed by atoms with Gasteiger partial charge in [-0.1, -0.05) is 12.1 Å². The smallest absolute Gasteiger partial charge is 0.233 e. The molecule has 8 heteroatoms. The molecule has 2 rings (SSSR count). The second-order valence-electron chi connectivity index (χ2n) is 6.67. The summed E-state index contributed by atoms with van der Waals surface area (Å²) in [5.74, 6) is 1.16. The van der Waals surface area contributed by atoms with Crippen LogP contribution in [0.3, 0.4) is 0 Å². The molecular weight excluding hydrogens is 350 g/mol. The quantitative estimate of drug-likeness (QED) is 0.588. The highest BCUT2D eigenvalue weighted by Crippen LogP contribution is 2.32. The third kappa shape index (κ3) is 6.99. The Morgan fingerprint density at radius 1 is 1.41 bits per heavy atom. The van der Waals surface area contributed by atoms with Crippen LogP contribution in [0.2, 0.25) is 0 Å². The van der Waals surface area contributed by atoms with Crippen molar-refractivity contribution in [2.24, 2.45) is 0 Å². The Bertz CT molecular complexity index is 593. The van der Waals surface area contributed by atoms with Crippen molar-refractivity contribution in [3.63, 3.8) is 0 Å². The molecule has 27 heavy (non-hydrogen) atoms. The summed E-state index contributed by atoms with van der Waals surface area (Å²) in [4.78, 5) is 15.6. The molecule has 8 nitrogen and oxygen atoms in total. The Morgan fingerprint density at radius 2 is 2.15 bits per heavy atom. The van der Waals surface area contributed by atoms with Crippen LogP contribution < -0.4 is 14.8 Å². The van der Waals surface area contributed by atoms with Crippen LogP contribution >= 0.6 is 0 Å². The van der Waals surface area contributed by atoms with Crippen LogP contribution in [0.5, 0.6) is 11.5 Å². The number of hydrogen-bond acceptors (Lipinski definition) is 7. The van der Waals surface area contributed by atoms with Gasteiger partial charge in [-0.3, -0.25) is 14.6 Å². The van der Waals surface area contributed by atoms with Gasteiger partial charge in [0.25, 0.3) is 0 Å². The first-order chi connectivity index (χ1) is 13.0. The van der Waals surface area contributed by atoms with E-state index in [1.54, 1.807) is 14.2 Å². The lowest BCUT2D eigenvalue weighted by molar-refractivity contribution is -0.121. The molecule has 152 valence electrons. The zero-order valence-electron chi connectivity index (χ0n) is 16.4. The van der Waals surface area contributed by atoms with Gasteiger partial charge in [-0.05, 0) is 13.1 Å². The molecule has 1 heterocycles. The van der Waals surface area contributed by atoms with Crippen LogP contribution in [0.25, 0.3) is 0 Å². The van der Waals surface area contributed by atoms with Crippen LogP contribution in [0.1, 0.15) is 5.56 Å². The minimum atomic E-state index is -0.607. The number of morpholine rings is 1. The average Bonchev–Trinajstić information content (AvgIpc) is 2.67. The lowest BCUT2D eigenvalue weighted by atomic mass is 10.1. The minimum Gasteiger partial charge on any atom is -0.493 e. The van der Waals surface area contributed by atoms with Gasteiger partial charge in [0, 0.05) is 38.8 Å². The molecule has 0 radical (unpaired) electrons. The minimum absolute atomic E-state index is 0.0520. The summed E-state index contributed by atoms with van der Waals surface area (Å²) in [6.45, 7) is 4.56. The van der Waals surface area contributed by atoms with Crippen LogP contribution in [0.4, 0.5) is 0 Å². The molecule has 1 amide bonds. The highest BCUT2D eigenvalue weighted by molar-refractivity contribution is 5.77. The number of methoxy groups -OCH3 is 1. The fourth-order valence-electron chi connectivity index (χ4n) is 3.00. The Balaban J connectivity index is 1.97. The molecule has 0 unspecified atom stereocenters. The molecule has 1 aromatic carbocycles. The first-order valence-electron chi connectivity index (χ1n) is 9.19. The topological polar surface area (TPSA) is 83.5 Å². The highest BCUT2D eigenvalue weighted by atomic mass is 16.5. The number of carbonyl (C=O) groups excluding carboxylic acids is 1. The van der Waals surface area contributed by atoms with Gasteiger partial charge in [-0.25, -0.2) is 0 Å². The van der Waals surface area contributed by atoms with Gasteiger partial charge in [0.1, 0.15) is 12.7 Å². The summed E-state index contributed by atoms with van der Waals surface area (Å²) in [7, 11) is 5.07. The maximum absolute atomic E-state index is 11.6. The Hall–Kier alpha value is -1.87. The van der Waals surface area contributed by atoms with Crippen LogP contribution in [0.15, 0.2) is 18.2 Å². The number of nitrogens with zero attached hydrogens (tertiary/aromatic N) is 2. The van der Waals surface area contributed by atoms with E-state index in [4.69, 9.17) is 14.2 Å².